The van der Waals surface area contributed by atoms with Crippen LogP contribution in [0.3, 0.4) is 0 Å². The normalized spacial score (nSPS) is 22.0. The average Bonchev–Trinajstić information content (AvgIpc) is 2.83. The number of nitriles is 1. The van der Waals surface area contributed by atoms with Crippen LogP contribution in [0, 0.1) is 28.9 Å². The first-order valence-electron chi connectivity index (χ1n) is 28.5. The third kappa shape index (κ3) is 11.6. The van der Waals surface area contributed by atoms with Gasteiger partial charge in [0.15, 0.2) is 11.5 Å². The zero-order valence-corrected chi connectivity index (χ0v) is 46.6. The van der Waals surface area contributed by atoms with Gasteiger partial charge in [-0.05, 0) is 143 Å². The van der Waals surface area contributed by atoms with E-state index < -0.39 is 71.0 Å². The van der Waals surface area contributed by atoms with Crippen molar-refractivity contribution in [1.82, 2.24) is 40.4 Å². The molecule has 4 saturated heterocycles. The van der Waals surface area contributed by atoms with Crippen LogP contribution in [0.4, 0.5) is 20.3 Å². The summed E-state index contributed by atoms with van der Waals surface area (Å²) in [6, 6.07) is 12.5. The van der Waals surface area contributed by atoms with Crippen LogP contribution >= 0.6 is 11.6 Å². The van der Waals surface area contributed by atoms with Crippen LogP contribution in [0.15, 0.2) is 54.6 Å². The SMILES string of the molecule is N#Cc1ccc(O[C@H]2CC[C@H](NC(=O)c3ccc(N4CCC(CN5CCC(c6cc7c(cc6F)C(=O)N(C(CCC(=O)N6CCN(c8cc9c(cc8F)C(=O)N(C8CCC(=O)NC8=O)C9=O)CC6)C(N)=O)C7=O)CC5)CC4)nn3)CC2)cc1Cl. The number of benzene rings is 3. The molecule has 11 rings (SSSR count). The number of piperazine rings is 1. The molecule has 0 radical (unpaired) electrons. The average molecular weight is 1170 g/mol. The lowest BCUT2D eigenvalue weighted by atomic mass is 9.86. The van der Waals surface area contributed by atoms with Crippen LogP contribution in [0.5, 0.6) is 5.75 Å². The van der Waals surface area contributed by atoms with Crippen molar-refractivity contribution in [2.45, 2.75) is 107 Å². The number of primary amides is 1. The highest BCUT2D eigenvalue weighted by Crippen LogP contribution is 2.38. The van der Waals surface area contributed by atoms with E-state index in [-0.39, 0.29) is 109 Å². The Balaban J connectivity index is 0.614. The van der Waals surface area contributed by atoms with Gasteiger partial charge in [-0.1, -0.05) is 11.6 Å². The Labute approximate surface area is 486 Å². The predicted molar refractivity (Wildman–Crippen MR) is 297 cm³/mol. The standard InChI is InChI=1S/C59H61ClF2N12O10/c60-43-25-37(4-1-34(43)30-63)84-36-5-2-35(3-6-36)65-54(78)46-7-10-50(68-67-46)71-19-13-32(14-20-71)31-69-17-15-33(16-18-69)38-26-39-40(27-44(38)61)57(81)73(56(39)80)47(53(64)77)9-12-52(76)72-23-21-70(22-24-72)49-29-42-41(28-45(49)62)58(82)74(59(42)83)48-8-11-51(75)66-55(48)79/h1,4,7,10,25-29,32-33,35-36,47-48H,2-3,5-6,8-9,11-24,31H2,(H2,64,77)(H,65,78)(H,66,75,79)/t35-,36-,47?,48?. The molecule has 22 nitrogen and oxygen atoms in total. The number of piperidine rings is 3. The fourth-order valence-electron chi connectivity index (χ4n) is 12.8. The summed E-state index contributed by atoms with van der Waals surface area (Å²) < 4.78 is 37.6. The van der Waals surface area contributed by atoms with Crippen molar-refractivity contribution >= 4 is 76.3 Å². The van der Waals surface area contributed by atoms with Gasteiger partial charge in [-0.2, -0.15) is 5.26 Å². The fraction of sp³-hybridized carbons (Fsp3) is 0.458. The first-order valence-corrected chi connectivity index (χ1v) is 28.9. The number of imide groups is 3. The molecule has 9 amide bonds. The number of aromatic nitrogens is 2. The summed E-state index contributed by atoms with van der Waals surface area (Å²) >= 11 is 6.16. The van der Waals surface area contributed by atoms with Crippen LogP contribution in [0.1, 0.15) is 146 Å². The van der Waals surface area contributed by atoms with E-state index >= 15 is 8.78 Å². The van der Waals surface area contributed by atoms with Crippen LogP contribution in [-0.2, 0) is 19.2 Å². The number of fused-ring (bicyclic) bond motifs is 2. The molecule has 438 valence electrons. The van der Waals surface area contributed by atoms with Crippen LogP contribution < -0.4 is 30.9 Å². The van der Waals surface area contributed by atoms with Gasteiger partial charge in [0.05, 0.1) is 44.6 Å². The van der Waals surface area contributed by atoms with Gasteiger partial charge >= 0.3 is 0 Å². The molecule has 4 aromatic rings. The third-order valence-corrected chi connectivity index (χ3v) is 17.8. The van der Waals surface area contributed by atoms with Gasteiger partial charge < -0.3 is 35.4 Å². The van der Waals surface area contributed by atoms with Gasteiger partial charge in [0, 0.05) is 70.8 Å². The second-order valence-electron chi connectivity index (χ2n) is 22.6. The molecule has 5 fully saturated rings. The summed E-state index contributed by atoms with van der Waals surface area (Å²) in [4.78, 5) is 127. The summed E-state index contributed by atoms with van der Waals surface area (Å²) in [6.07, 6.45) is 5.33. The minimum absolute atomic E-state index is 0.00958. The summed E-state index contributed by atoms with van der Waals surface area (Å²) in [5.74, 6) is -6.28. The maximum Gasteiger partial charge on any atom is 0.272 e. The van der Waals surface area contributed by atoms with Crippen molar-refractivity contribution in [2.75, 3.05) is 68.7 Å². The summed E-state index contributed by atoms with van der Waals surface area (Å²) in [5.41, 5.74) is 6.20. The number of carbonyl (C=O) groups is 9. The zero-order chi connectivity index (χ0) is 59.1. The second kappa shape index (κ2) is 24.0. The fourth-order valence-corrected chi connectivity index (χ4v) is 13.0. The van der Waals surface area contributed by atoms with Crippen molar-refractivity contribution < 1.29 is 56.7 Å². The molecule has 3 aromatic carbocycles. The highest BCUT2D eigenvalue weighted by molar-refractivity contribution is 6.32. The van der Waals surface area contributed by atoms with E-state index in [2.05, 4.69) is 30.6 Å². The molecule has 7 aliphatic rings. The van der Waals surface area contributed by atoms with E-state index in [1.54, 1.807) is 29.2 Å². The Morgan fingerprint density at radius 3 is 2.06 bits per heavy atom. The predicted octanol–water partition coefficient (Wildman–Crippen LogP) is 4.48. The van der Waals surface area contributed by atoms with Gasteiger partial charge in [0.1, 0.15) is 35.5 Å². The molecule has 1 aliphatic carbocycles. The number of likely N-dealkylation sites (tertiary alicyclic amines) is 1. The van der Waals surface area contributed by atoms with Crippen LogP contribution in [0.25, 0.3) is 0 Å². The number of hydrogen-bond donors (Lipinski definition) is 3. The summed E-state index contributed by atoms with van der Waals surface area (Å²) in [7, 11) is 0. The topological polar surface area (TPSA) is 282 Å². The number of rotatable bonds is 15. The molecule has 1 aromatic heterocycles. The number of hydrogen-bond acceptors (Lipinski definition) is 16. The smallest absolute Gasteiger partial charge is 0.272 e. The Bertz CT molecular complexity index is 3400. The van der Waals surface area contributed by atoms with Gasteiger partial charge in [-0.25, -0.2) is 8.78 Å². The molecule has 0 spiro atoms. The maximum absolute atomic E-state index is 16.0. The number of ether oxygens (including phenoxy) is 1. The maximum atomic E-state index is 16.0. The first-order chi connectivity index (χ1) is 40.4. The Kier molecular flexibility index (Phi) is 16.4. The lowest BCUT2D eigenvalue weighted by Crippen LogP contribution is -2.54. The lowest BCUT2D eigenvalue weighted by molar-refractivity contribution is -0.136. The molecule has 4 N–H and O–H groups in total. The molecule has 6 aliphatic heterocycles. The number of nitrogens with one attached hydrogen (secondary N) is 2. The third-order valence-electron chi connectivity index (χ3n) is 17.5. The minimum atomic E-state index is -1.51. The van der Waals surface area contributed by atoms with Crippen molar-refractivity contribution in [3.05, 3.63) is 110 Å². The zero-order valence-electron chi connectivity index (χ0n) is 45.8. The largest absolute Gasteiger partial charge is 0.490 e. The Morgan fingerprint density at radius 1 is 0.750 bits per heavy atom. The van der Waals surface area contributed by atoms with Crippen molar-refractivity contribution in [2.24, 2.45) is 11.7 Å². The van der Waals surface area contributed by atoms with E-state index in [9.17, 15) is 43.2 Å². The van der Waals surface area contributed by atoms with Gasteiger partial charge in [-0.15, -0.1) is 10.2 Å². The minimum Gasteiger partial charge on any atom is -0.490 e. The van der Waals surface area contributed by atoms with Crippen LogP contribution in [0.2, 0.25) is 5.02 Å². The van der Waals surface area contributed by atoms with E-state index in [1.165, 1.54) is 17.0 Å². The van der Waals surface area contributed by atoms with E-state index in [0.29, 0.717) is 64.5 Å². The summed E-state index contributed by atoms with van der Waals surface area (Å²) in [6.45, 7) is 4.23. The highest BCUT2D eigenvalue weighted by Gasteiger charge is 2.47. The number of halogens is 3. The Hall–Kier alpha value is -8.43. The van der Waals surface area contributed by atoms with E-state index in [0.717, 1.165) is 75.2 Å². The van der Waals surface area contributed by atoms with E-state index in [4.69, 9.17) is 27.3 Å². The molecule has 84 heavy (non-hydrogen) atoms. The number of nitrogens with zero attached hydrogens (tertiary/aromatic N) is 9. The van der Waals surface area contributed by atoms with Gasteiger partial charge in [0.25, 0.3) is 29.5 Å². The molecule has 7 heterocycles. The number of carbonyl (C=O) groups excluding carboxylic acids is 9. The van der Waals surface area contributed by atoms with Gasteiger partial charge in [0.2, 0.25) is 23.6 Å². The highest BCUT2D eigenvalue weighted by atomic mass is 35.5. The number of anilines is 2. The monoisotopic (exact) mass is 1170 g/mol. The second-order valence-corrected chi connectivity index (χ2v) is 23.0. The van der Waals surface area contributed by atoms with Crippen molar-refractivity contribution in [3.63, 3.8) is 0 Å². The molecule has 0 bridgehead atoms. The number of amides is 9. The van der Waals surface area contributed by atoms with Crippen molar-refractivity contribution in [1.29, 1.82) is 5.26 Å². The molecule has 1 saturated carbocycles. The molecule has 2 unspecified atom stereocenters. The quantitative estimate of drug-likeness (QED) is 0.138. The Morgan fingerprint density at radius 2 is 1.42 bits per heavy atom. The molecular formula is C59H61ClF2N12O10. The van der Waals surface area contributed by atoms with Crippen LogP contribution in [-0.4, -0.2) is 166 Å². The molecule has 25 heteroatoms. The van der Waals surface area contributed by atoms with E-state index in [1.807, 2.05) is 12.1 Å². The van der Waals surface area contributed by atoms with Gasteiger partial charge in [-0.3, -0.25) is 58.3 Å². The lowest BCUT2D eigenvalue weighted by Gasteiger charge is -2.38. The number of nitrogens with two attached hydrogens (primary N) is 1. The molecule has 2 atom stereocenters. The first kappa shape index (κ1) is 57.4. The molecular weight excluding hydrogens is 1110 g/mol. The summed E-state index contributed by atoms with van der Waals surface area (Å²) in [5, 5.41) is 23.4. The van der Waals surface area contributed by atoms with Crippen molar-refractivity contribution in [3.8, 4) is 11.8 Å².